The van der Waals surface area contributed by atoms with Crippen molar-refractivity contribution in [3.05, 3.63) is 54.0 Å². The van der Waals surface area contributed by atoms with Crippen LogP contribution in [0, 0.1) is 18.3 Å². The van der Waals surface area contributed by atoms with Gasteiger partial charge in [0.15, 0.2) is 0 Å². The van der Waals surface area contributed by atoms with Crippen LogP contribution in [0.3, 0.4) is 0 Å². The fourth-order valence-corrected chi connectivity index (χ4v) is 3.48. The Morgan fingerprint density at radius 2 is 2.03 bits per heavy atom. The highest BCUT2D eigenvalue weighted by Gasteiger charge is 2.17. The molecule has 2 N–H and O–H groups in total. The molecule has 1 aliphatic rings. The highest BCUT2D eigenvalue weighted by atomic mass is 16.5. The van der Waals surface area contributed by atoms with Crippen LogP contribution in [0.15, 0.2) is 42.9 Å². The van der Waals surface area contributed by atoms with Crippen molar-refractivity contribution < 1.29 is 9.53 Å². The van der Waals surface area contributed by atoms with Crippen LogP contribution in [-0.2, 0) is 4.74 Å². The van der Waals surface area contributed by atoms with Gasteiger partial charge < -0.3 is 15.4 Å². The van der Waals surface area contributed by atoms with Gasteiger partial charge in [-0.05, 0) is 37.5 Å². The van der Waals surface area contributed by atoms with Gasteiger partial charge in [0.25, 0.3) is 5.91 Å². The summed E-state index contributed by atoms with van der Waals surface area (Å²) in [6.07, 6.45) is 7.41. The van der Waals surface area contributed by atoms with Crippen molar-refractivity contribution in [3.63, 3.8) is 0 Å². The monoisotopic (exact) mass is 417 g/mol. The standard InChI is InChI=1S/C22H23N7O2/c1-15-12-25-22(27-18-13-26-29(14-18)19-6-10-31-11-7-19)28-20(15)16-2-4-17(5-3-16)21(30)24-9-8-23/h2-5,12-14,19H,6-7,9-11H2,1H3,(H,24,30)(H,25,27,28). The number of anilines is 2. The maximum Gasteiger partial charge on any atom is 0.252 e. The van der Waals surface area contributed by atoms with Crippen LogP contribution in [-0.4, -0.2) is 45.4 Å². The number of ether oxygens (including phenoxy) is 1. The molecular weight excluding hydrogens is 394 g/mol. The first-order valence-corrected chi connectivity index (χ1v) is 10.1. The number of aryl methyl sites for hydroxylation is 1. The van der Waals surface area contributed by atoms with E-state index in [0.717, 1.165) is 48.6 Å². The van der Waals surface area contributed by atoms with Crippen LogP contribution in [0.4, 0.5) is 11.6 Å². The summed E-state index contributed by atoms with van der Waals surface area (Å²) >= 11 is 0. The number of amides is 1. The van der Waals surface area contributed by atoms with Gasteiger partial charge in [0.2, 0.25) is 5.95 Å². The number of carbonyl (C=O) groups excluding carboxylic acids is 1. The quantitative estimate of drug-likeness (QED) is 0.592. The normalized spacial score (nSPS) is 14.1. The molecule has 0 aliphatic carbocycles. The molecule has 1 amide bonds. The molecule has 3 aromatic rings. The third kappa shape index (κ3) is 4.87. The van der Waals surface area contributed by atoms with E-state index in [-0.39, 0.29) is 12.5 Å². The van der Waals surface area contributed by atoms with Crippen molar-refractivity contribution in [2.75, 3.05) is 25.1 Å². The average Bonchev–Trinajstić information content (AvgIpc) is 3.28. The van der Waals surface area contributed by atoms with Crippen molar-refractivity contribution in [1.29, 1.82) is 5.26 Å². The Kier molecular flexibility index (Phi) is 6.19. The molecule has 0 atom stereocenters. The lowest BCUT2D eigenvalue weighted by molar-refractivity contribution is 0.0662. The predicted octanol–water partition coefficient (Wildman–Crippen LogP) is 3.00. The number of nitrogens with zero attached hydrogens (tertiary/aromatic N) is 5. The SMILES string of the molecule is Cc1cnc(Nc2cnn(C3CCOCC3)c2)nc1-c1ccc(C(=O)NCC#N)cc1. The van der Waals surface area contributed by atoms with Crippen LogP contribution in [0.25, 0.3) is 11.3 Å². The van der Waals surface area contributed by atoms with Crippen molar-refractivity contribution in [3.8, 4) is 17.3 Å². The molecule has 4 rings (SSSR count). The van der Waals surface area contributed by atoms with Gasteiger partial charge in [-0.3, -0.25) is 9.48 Å². The Morgan fingerprint density at radius 3 is 2.77 bits per heavy atom. The van der Waals surface area contributed by atoms with E-state index >= 15 is 0 Å². The third-order valence-corrected chi connectivity index (χ3v) is 5.14. The second-order valence-corrected chi connectivity index (χ2v) is 7.32. The molecule has 1 saturated heterocycles. The van der Waals surface area contributed by atoms with Crippen LogP contribution >= 0.6 is 0 Å². The molecule has 0 radical (unpaired) electrons. The van der Waals surface area contributed by atoms with Crippen molar-refractivity contribution >= 4 is 17.5 Å². The van der Waals surface area contributed by atoms with Gasteiger partial charge in [-0.15, -0.1) is 0 Å². The van der Waals surface area contributed by atoms with Crippen LogP contribution in [0.2, 0.25) is 0 Å². The molecule has 1 fully saturated rings. The summed E-state index contributed by atoms with van der Waals surface area (Å²) in [5.41, 5.74) is 3.89. The summed E-state index contributed by atoms with van der Waals surface area (Å²) < 4.78 is 7.38. The lowest BCUT2D eigenvalue weighted by atomic mass is 10.1. The zero-order valence-electron chi connectivity index (χ0n) is 17.2. The molecule has 0 bridgehead atoms. The molecule has 0 saturated carbocycles. The molecule has 2 aromatic heterocycles. The smallest absolute Gasteiger partial charge is 0.252 e. The maximum atomic E-state index is 12.0. The Hall–Kier alpha value is -3.77. The number of benzene rings is 1. The van der Waals surface area contributed by atoms with Gasteiger partial charge >= 0.3 is 0 Å². The molecule has 9 heteroatoms. The number of nitrogens with one attached hydrogen (secondary N) is 2. The zero-order valence-corrected chi connectivity index (χ0v) is 17.2. The number of hydrogen-bond donors (Lipinski definition) is 2. The Labute approximate surface area is 180 Å². The highest BCUT2D eigenvalue weighted by molar-refractivity contribution is 5.94. The van der Waals surface area contributed by atoms with E-state index in [4.69, 9.17) is 10.00 Å². The number of rotatable bonds is 6. The van der Waals surface area contributed by atoms with Gasteiger partial charge in [-0.2, -0.15) is 10.4 Å². The third-order valence-electron chi connectivity index (χ3n) is 5.14. The number of carbonyl (C=O) groups is 1. The summed E-state index contributed by atoms with van der Waals surface area (Å²) in [5.74, 6) is 0.194. The van der Waals surface area contributed by atoms with Crippen molar-refractivity contribution in [2.45, 2.75) is 25.8 Å². The molecular formula is C22H23N7O2. The second kappa shape index (κ2) is 9.36. The lowest BCUT2D eigenvalue weighted by Crippen LogP contribution is -2.23. The molecule has 1 aliphatic heterocycles. The van der Waals surface area contributed by atoms with Crippen LogP contribution < -0.4 is 10.6 Å². The van der Waals surface area contributed by atoms with E-state index in [0.29, 0.717) is 17.6 Å². The van der Waals surface area contributed by atoms with Gasteiger partial charge in [0, 0.05) is 36.7 Å². The first-order valence-electron chi connectivity index (χ1n) is 10.1. The van der Waals surface area contributed by atoms with E-state index in [1.807, 2.05) is 36.0 Å². The first-order chi connectivity index (χ1) is 15.1. The number of hydrogen-bond acceptors (Lipinski definition) is 7. The predicted molar refractivity (Wildman–Crippen MR) is 115 cm³/mol. The summed E-state index contributed by atoms with van der Waals surface area (Å²) in [7, 11) is 0. The summed E-state index contributed by atoms with van der Waals surface area (Å²) in [5, 5.41) is 18.8. The molecule has 0 spiro atoms. The number of nitriles is 1. The molecule has 158 valence electrons. The Bertz CT molecular complexity index is 1100. The highest BCUT2D eigenvalue weighted by Crippen LogP contribution is 2.25. The Morgan fingerprint density at radius 1 is 1.26 bits per heavy atom. The molecule has 31 heavy (non-hydrogen) atoms. The van der Waals surface area contributed by atoms with E-state index in [2.05, 4.69) is 25.7 Å². The largest absolute Gasteiger partial charge is 0.381 e. The first kappa shape index (κ1) is 20.5. The number of aromatic nitrogens is 4. The van der Waals surface area contributed by atoms with Crippen LogP contribution in [0.5, 0.6) is 0 Å². The topological polar surface area (TPSA) is 118 Å². The van der Waals surface area contributed by atoms with Crippen molar-refractivity contribution in [2.24, 2.45) is 0 Å². The average molecular weight is 417 g/mol. The summed E-state index contributed by atoms with van der Waals surface area (Å²) in [6, 6.07) is 9.35. The minimum Gasteiger partial charge on any atom is -0.381 e. The second-order valence-electron chi connectivity index (χ2n) is 7.32. The zero-order chi connectivity index (χ0) is 21.6. The van der Waals surface area contributed by atoms with Gasteiger partial charge in [0.1, 0.15) is 6.54 Å². The molecule has 3 heterocycles. The fourth-order valence-electron chi connectivity index (χ4n) is 3.48. The van der Waals surface area contributed by atoms with E-state index < -0.39 is 0 Å². The van der Waals surface area contributed by atoms with Gasteiger partial charge in [-0.25, -0.2) is 9.97 Å². The lowest BCUT2D eigenvalue weighted by Gasteiger charge is -2.22. The Balaban J connectivity index is 1.49. The minimum absolute atomic E-state index is 0.0221. The van der Waals surface area contributed by atoms with E-state index in [1.54, 1.807) is 24.5 Å². The van der Waals surface area contributed by atoms with Crippen LogP contribution in [0.1, 0.15) is 34.8 Å². The van der Waals surface area contributed by atoms with Gasteiger partial charge in [0.05, 0.1) is 29.7 Å². The molecule has 9 nitrogen and oxygen atoms in total. The summed E-state index contributed by atoms with van der Waals surface area (Å²) in [6.45, 7) is 3.44. The maximum absolute atomic E-state index is 12.0. The van der Waals surface area contributed by atoms with E-state index in [9.17, 15) is 4.79 Å². The van der Waals surface area contributed by atoms with Crippen molar-refractivity contribution in [1.82, 2.24) is 25.1 Å². The summed E-state index contributed by atoms with van der Waals surface area (Å²) in [4.78, 5) is 21.0. The molecule has 1 aromatic carbocycles. The molecule has 0 unspecified atom stereocenters. The fraction of sp³-hybridized carbons (Fsp3) is 0.318. The van der Waals surface area contributed by atoms with E-state index in [1.165, 1.54) is 0 Å². The minimum atomic E-state index is -0.281. The van der Waals surface area contributed by atoms with Gasteiger partial charge in [-0.1, -0.05) is 12.1 Å².